The van der Waals surface area contributed by atoms with Crippen LogP contribution in [0.5, 0.6) is 0 Å². The number of rotatable bonds is 3. The summed E-state index contributed by atoms with van der Waals surface area (Å²) in [5, 5.41) is 21.4. The van der Waals surface area contributed by atoms with Gasteiger partial charge in [0.25, 0.3) is 0 Å². The molecule has 0 saturated heterocycles. The molecule has 5 heteroatoms. The van der Waals surface area contributed by atoms with Crippen LogP contribution >= 0.6 is 0 Å². The molecule has 5 rings (SSSR count). The van der Waals surface area contributed by atoms with Gasteiger partial charge in [-0.25, -0.2) is 0 Å². The Hall–Kier alpha value is -0.420. The Labute approximate surface area is 159 Å². The van der Waals surface area contributed by atoms with Crippen molar-refractivity contribution in [3.63, 3.8) is 0 Å². The molecule has 148 valence electrons. The van der Waals surface area contributed by atoms with Crippen LogP contribution < -0.4 is 0 Å². The fourth-order valence-electron chi connectivity index (χ4n) is 8.23. The van der Waals surface area contributed by atoms with E-state index in [1.807, 2.05) is 6.92 Å². The highest BCUT2D eigenvalue weighted by atomic mass is 32.2. The molecule has 0 amide bonds. The summed E-state index contributed by atoms with van der Waals surface area (Å²) in [6.07, 6.45) is 9.42. The van der Waals surface area contributed by atoms with Crippen molar-refractivity contribution in [1.29, 1.82) is 0 Å². The molecule has 0 aliphatic heterocycles. The zero-order chi connectivity index (χ0) is 18.9. The van der Waals surface area contributed by atoms with Crippen LogP contribution in [0.3, 0.4) is 0 Å². The fourth-order valence-corrected chi connectivity index (χ4v) is 9.23. The summed E-state index contributed by atoms with van der Waals surface area (Å²) in [5.74, 6) is 1.23. The number of aliphatic hydroxyl groups is 1. The number of aliphatic carboxylic acids is 1. The summed E-state index contributed by atoms with van der Waals surface area (Å²) in [5.41, 5.74) is -0.680. The Balaban J connectivity index is 1.71. The van der Waals surface area contributed by atoms with E-state index in [0.29, 0.717) is 17.6 Å². The van der Waals surface area contributed by atoms with Crippen molar-refractivity contribution in [3.8, 4) is 0 Å². The summed E-state index contributed by atoms with van der Waals surface area (Å²) in [6, 6.07) is 0. The second kappa shape index (κ2) is 6.04. The quantitative estimate of drug-likeness (QED) is 0.784. The maximum atomic E-state index is 12.1. The van der Waals surface area contributed by atoms with Gasteiger partial charge in [-0.15, -0.1) is 0 Å². The predicted molar refractivity (Wildman–Crippen MR) is 102 cm³/mol. The van der Waals surface area contributed by atoms with Gasteiger partial charge in [-0.1, -0.05) is 13.3 Å². The molecule has 0 aromatic heterocycles. The van der Waals surface area contributed by atoms with E-state index < -0.39 is 22.2 Å². The highest BCUT2D eigenvalue weighted by molar-refractivity contribution is 7.84. The highest BCUT2D eigenvalue weighted by Gasteiger charge is 2.68. The van der Waals surface area contributed by atoms with E-state index in [4.69, 9.17) is 0 Å². The Morgan fingerprint density at radius 3 is 2.46 bits per heavy atom. The predicted octanol–water partition coefficient (Wildman–Crippen LogP) is 3.45. The first kappa shape index (κ1) is 18.9. The smallest absolute Gasteiger partial charge is 0.309 e. The van der Waals surface area contributed by atoms with Gasteiger partial charge in [-0.05, 0) is 86.4 Å². The SMILES string of the molecule is C[S@@](=O)C[C@H]1[C@@H]2CC[C@@]3(CC[C@@H]4[C@](C)(C(=O)O)CCC[C@@]4(C)C3C2)[C@@H]1O. The van der Waals surface area contributed by atoms with Gasteiger partial charge in [0.1, 0.15) is 0 Å². The minimum atomic E-state index is -0.876. The van der Waals surface area contributed by atoms with Gasteiger partial charge in [-0.2, -0.15) is 0 Å². The van der Waals surface area contributed by atoms with Crippen molar-refractivity contribution in [2.24, 2.45) is 39.9 Å². The average Bonchev–Trinajstić information content (AvgIpc) is 2.57. The second-order valence-electron chi connectivity index (χ2n) is 10.3. The zero-order valence-electron chi connectivity index (χ0n) is 16.4. The van der Waals surface area contributed by atoms with Crippen molar-refractivity contribution in [2.45, 2.75) is 71.3 Å². The fraction of sp³-hybridized carbons (Fsp3) is 0.952. The van der Waals surface area contributed by atoms with Crippen LogP contribution in [-0.2, 0) is 15.6 Å². The summed E-state index contributed by atoms with van der Waals surface area (Å²) in [6.45, 7) is 4.31. The maximum Gasteiger partial charge on any atom is 0.309 e. The summed E-state index contributed by atoms with van der Waals surface area (Å²) < 4.78 is 11.9. The van der Waals surface area contributed by atoms with Gasteiger partial charge >= 0.3 is 5.97 Å². The molecule has 5 saturated carbocycles. The molecule has 1 spiro atoms. The molecular weight excluding hydrogens is 348 g/mol. The van der Waals surface area contributed by atoms with Gasteiger partial charge < -0.3 is 10.2 Å². The molecule has 5 aliphatic carbocycles. The van der Waals surface area contributed by atoms with Crippen LogP contribution in [0, 0.1) is 39.9 Å². The molecule has 0 aromatic rings. The Kier molecular flexibility index (Phi) is 4.39. The Bertz CT molecular complexity index is 636. The largest absolute Gasteiger partial charge is 0.481 e. The second-order valence-corrected chi connectivity index (χ2v) is 11.8. The van der Waals surface area contributed by atoms with Crippen LogP contribution in [-0.4, -0.2) is 38.5 Å². The maximum absolute atomic E-state index is 12.1. The number of aliphatic hydroxyl groups excluding tert-OH is 1. The highest BCUT2D eigenvalue weighted by Crippen LogP contribution is 2.72. The van der Waals surface area contributed by atoms with E-state index in [2.05, 4.69) is 6.92 Å². The molecule has 5 fully saturated rings. The first-order valence-corrected chi connectivity index (χ1v) is 12.1. The molecule has 1 unspecified atom stereocenters. The minimum absolute atomic E-state index is 0.0135. The van der Waals surface area contributed by atoms with Crippen LogP contribution in [0.25, 0.3) is 0 Å². The number of carboxylic acid groups (broad SMARTS) is 1. The zero-order valence-corrected chi connectivity index (χ0v) is 17.2. The van der Waals surface area contributed by atoms with Crippen molar-refractivity contribution >= 4 is 16.8 Å². The van der Waals surface area contributed by atoms with E-state index in [9.17, 15) is 19.2 Å². The summed E-state index contributed by atoms with van der Waals surface area (Å²) in [7, 11) is -0.876. The molecule has 0 radical (unpaired) electrons. The first-order valence-electron chi connectivity index (χ1n) is 10.4. The molecule has 0 heterocycles. The molecule has 2 N–H and O–H groups in total. The van der Waals surface area contributed by atoms with Gasteiger partial charge in [0.2, 0.25) is 0 Å². The average molecular weight is 383 g/mol. The molecule has 26 heavy (non-hydrogen) atoms. The molecule has 0 aromatic carbocycles. The van der Waals surface area contributed by atoms with Gasteiger partial charge in [0.05, 0.1) is 11.5 Å². The van der Waals surface area contributed by atoms with Crippen molar-refractivity contribution in [3.05, 3.63) is 0 Å². The Morgan fingerprint density at radius 2 is 1.81 bits per heavy atom. The third-order valence-electron chi connectivity index (χ3n) is 9.40. The topological polar surface area (TPSA) is 74.6 Å². The molecule has 2 bridgehead atoms. The van der Waals surface area contributed by atoms with Crippen LogP contribution in [0.1, 0.15) is 65.2 Å². The van der Waals surface area contributed by atoms with Crippen LogP contribution in [0.2, 0.25) is 0 Å². The van der Waals surface area contributed by atoms with Crippen LogP contribution in [0.15, 0.2) is 0 Å². The summed E-state index contributed by atoms with van der Waals surface area (Å²) in [4.78, 5) is 12.1. The van der Waals surface area contributed by atoms with Gasteiger partial charge in [-0.3, -0.25) is 9.00 Å². The Morgan fingerprint density at radius 1 is 1.12 bits per heavy atom. The number of fused-ring (bicyclic) bond motifs is 3. The van der Waals surface area contributed by atoms with Crippen LogP contribution in [0.4, 0.5) is 0 Å². The number of carbonyl (C=O) groups is 1. The molecule has 9 atom stereocenters. The number of hydrogen-bond donors (Lipinski definition) is 2. The molecule has 4 nitrogen and oxygen atoms in total. The van der Waals surface area contributed by atoms with E-state index in [1.54, 1.807) is 6.26 Å². The van der Waals surface area contributed by atoms with Gasteiger partial charge in [0, 0.05) is 22.8 Å². The first-order chi connectivity index (χ1) is 12.1. The lowest BCUT2D eigenvalue weighted by Crippen LogP contribution is -2.67. The number of hydrogen-bond acceptors (Lipinski definition) is 3. The normalized spacial score (nSPS) is 54.2. The lowest BCUT2D eigenvalue weighted by molar-refractivity contribution is -0.241. The monoisotopic (exact) mass is 382 g/mol. The van der Waals surface area contributed by atoms with E-state index in [1.165, 1.54) is 0 Å². The minimum Gasteiger partial charge on any atom is -0.481 e. The van der Waals surface area contributed by atoms with Crippen molar-refractivity contribution in [2.75, 3.05) is 12.0 Å². The van der Waals surface area contributed by atoms with Crippen molar-refractivity contribution < 1.29 is 19.2 Å². The standard InChI is InChI=1S/C21H34O4S/c1-19-7-4-8-20(2,18(23)24)15(19)6-10-21-9-5-13(11-16(19)21)14(17(21)22)12-26(3)25/h13-17,22H,4-12H2,1-3H3,(H,23,24)/t13-,14+,15+,16?,17-,19-,20-,21+,26-/m1/s1. The lowest BCUT2D eigenvalue weighted by atomic mass is 9.35. The van der Waals surface area contributed by atoms with E-state index in [-0.39, 0.29) is 28.8 Å². The molecular formula is C21H34O4S. The summed E-state index contributed by atoms with van der Waals surface area (Å²) >= 11 is 0. The molecule has 5 aliphatic rings. The third-order valence-corrected chi connectivity index (χ3v) is 10.3. The van der Waals surface area contributed by atoms with E-state index >= 15 is 0 Å². The van der Waals surface area contributed by atoms with Gasteiger partial charge in [0.15, 0.2) is 0 Å². The lowest BCUT2D eigenvalue weighted by Gasteiger charge is -2.69. The van der Waals surface area contributed by atoms with E-state index in [0.717, 1.165) is 51.4 Å². The number of carboxylic acids is 1. The van der Waals surface area contributed by atoms with Crippen molar-refractivity contribution in [1.82, 2.24) is 0 Å². The third kappa shape index (κ3) is 2.35.